The summed E-state index contributed by atoms with van der Waals surface area (Å²) in [6.45, 7) is 0.939. The van der Waals surface area contributed by atoms with Crippen LogP contribution in [0, 0.1) is 0 Å². The van der Waals surface area contributed by atoms with Crippen molar-refractivity contribution < 1.29 is 9.59 Å². The van der Waals surface area contributed by atoms with E-state index in [0.29, 0.717) is 42.9 Å². The number of pyridine rings is 1. The quantitative estimate of drug-likeness (QED) is 0.603. The van der Waals surface area contributed by atoms with Gasteiger partial charge in [0.15, 0.2) is 0 Å². The molecule has 0 aliphatic carbocycles. The van der Waals surface area contributed by atoms with Gasteiger partial charge in [0, 0.05) is 36.1 Å². The van der Waals surface area contributed by atoms with Gasteiger partial charge < -0.3 is 27.0 Å². The molecule has 144 valence electrons. The summed E-state index contributed by atoms with van der Waals surface area (Å²) in [5.41, 5.74) is 14.6. The van der Waals surface area contributed by atoms with Gasteiger partial charge in [-0.15, -0.1) is 0 Å². The number of anilines is 2. The second-order valence-electron chi connectivity index (χ2n) is 7.08. The van der Waals surface area contributed by atoms with Gasteiger partial charge >= 0.3 is 6.03 Å². The fourth-order valence-corrected chi connectivity index (χ4v) is 3.89. The Labute approximate surface area is 162 Å². The van der Waals surface area contributed by atoms with Crippen LogP contribution in [-0.2, 0) is 10.3 Å². The molecule has 0 saturated heterocycles. The predicted molar refractivity (Wildman–Crippen MR) is 106 cm³/mol. The lowest BCUT2D eigenvalue weighted by molar-refractivity contribution is -0.124. The molecule has 4 rings (SSSR count). The standard InChI is InChI=1S/C20H22N6O2/c21-16-6-2-1-5-15(16)20(18(22)27)10-13-7-9-26(12-17(13)25-20)19(28)24-14-4-3-8-23-11-14/h1-6,8,11,25H,7,9-10,12,21H2,(H2,22,27)(H,24,28). The Morgan fingerprint density at radius 3 is 2.75 bits per heavy atom. The number of rotatable bonds is 3. The molecule has 0 saturated carbocycles. The zero-order valence-corrected chi connectivity index (χ0v) is 15.3. The fourth-order valence-electron chi connectivity index (χ4n) is 3.89. The average Bonchev–Trinajstić information content (AvgIpc) is 3.09. The predicted octanol–water partition coefficient (Wildman–Crippen LogP) is 1.53. The van der Waals surface area contributed by atoms with E-state index >= 15 is 0 Å². The number of amides is 3. The molecule has 28 heavy (non-hydrogen) atoms. The number of nitrogens with one attached hydrogen (secondary N) is 2. The summed E-state index contributed by atoms with van der Waals surface area (Å²) in [4.78, 5) is 30.8. The lowest BCUT2D eigenvalue weighted by atomic mass is 9.84. The molecule has 8 nitrogen and oxygen atoms in total. The summed E-state index contributed by atoms with van der Waals surface area (Å²) in [6, 6.07) is 10.6. The molecule has 0 spiro atoms. The minimum atomic E-state index is -1.08. The number of carbonyl (C=O) groups excluding carboxylic acids is 2. The number of para-hydroxylation sites is 1. The van der Waals surface area contributed by atoms with Crippen molar-refractivity contribution in [1.82, 2.24) is 15.2 Å². The highest BCUT2D eigenvalue weighted by molar-refractivity contribution is 5.91. The molecule has 0 fully saturated rings. The lowest BCUT2D eigenvalue weighted by Gasteiger charge is -2.31. The van der Waals surface area contributed by atoms with E-state index in [-0.39, 0.29) is 6.03 Å². The number of nitrogens with two attached hydrogens (primary N) is 2. The highest BCUT2D eigenvalue weighted by Crippen LogP contribution is 2.41. The van der Waals surface area contributed by atoms with Crippen LogP contribution in [0.5, 0.6) is 0 Å². The van der Waals surface area contributed by atoms with Crippen LogP contribution >= 0.6 is 0 Å². The summed E-state index contributed by atoms with van der Waals surface area (Å²) >= 11 is 0. The van der Waals surface area contributed by atoms with Crippen LogP contribution in [0.2, 0.25) is 0 Å². The molecule has 3 heterocycles. The first-order chi connectivity index (χ1) is 13.5. The van der Waals surface area contributed by atoms with Gasteiger partial charge in [0.2, 0.25) is 5.91 Å². The summed E-state index contributed by atoms with van der Waals surface area (Å²) in [5, 5.41) is 6.14. The van der Waals surface area contributed by atoms with Crippen LogP contribution < -0.4 is 22.1 Å². The third kappa shape index (κ3) is 3.02. The Hall–Kier alpha value is -3.55. The van der Waals surface area contributed by atoms with Gasteiger partial charge in [-0.25, -0.2) is 4.79 Å². The summed E-state index contributed by atoms with van der Waals surface area (Å²) < 4.78 is 0. The monoisotopic (exact) mass is 378 g/mol. The molecule has 1 aromatic heterocycles. The molecule has 3 amide bonds. The number of primary amides is 1. The molecular weight excluding hydrogens is 356 g/mol. The first-order valence-corrected chi connectivity index (χ1v) is 9.09. The van der Waals surface area contributed by atoms with Crippen LogP contribution in [0.1, 0.15) is 18.4 Å². The third-order valence-corrected chi connectivity index (χ3v) is 5.34. The molecule has 2 aromatic rings. The Balaban J connectivity index is 1.53. The van der Waals surface area contributed by atoms with E-state index in [9.17, 15) is 9.59 Å². The molecule has 8 heteroatoms. The Morgan fingerprint density at radius 1 is 1.21 bits per heavy atom. The van der Waals surface area contributed by atoms with Gasteiger partial charge in [0.1, 0.15) is 5.54 Å². The molecule has 1 atom stereocenters. The number of aromatic nitrogens is 1. The van der Waals surface area contributed by atoms with Crippen molar-refractivity contribution in [3.05, 3.63) is 65.6 Å². The van der Waals surface area contributed by atoms with Crippen molar-refractivity contribution in [3.63, 3.8) is 0 Å². The van der Waals surface area contributed by atoms with Crippen LogP contribution in [0.25, 0.3) is 0 Å². The van der Waals surface area contributed by atoms with Crippen molar-refractivity contribution >= 4 is 23.3 Å². The summed E-state index contributed by atoms with van der Waals surface area (Å²) in [6.07, 6.45) is 4.37. The average molecular weight is 378 g/mol. The van der Waals surface area contributed by atoms with E-state index in [1.54, 1.807) is 35.5 Å². The second kappa shape index (κ2) is 6.88. The van der Waals surface area contributed by atoms with Crippen LogP contribution in [0.4, 0.5) is 16.2 Å². The van der Waals surface area contributed by atoms with Gasteiger partial charge in [-0.2, -0.15) is 0 Å². The van der Waals surface area contributed by atoms with Gasteiger partial charge in [-0.05, 0) is 30.2 Å². The first kappa shape index (κ1) is 17.8. The van der Waals surface area contributed by atoms with Crippen LogP contribution in [-0.4, -0.2) is 34.9 Å². The Bertz CT molecular complexity index is 958. The summed E-state index contributed by atoms with van der Waals surface area (Å²) in [7, 11) is 0. The topological polar surface area (TPSA) is 126 Å². The minimum Gasteiger partial charge on any atom is -0.398 e. The number of benzene rings is 1. The SMILES string of the molecule is NC(=O)C1(c2ccccc2N)CC2=C(CN(C(=O)Nc3cccnc3)CC2)N1. The van der Waals surface area contributed by atoms with Gasteiger partial charge in [0.25, 0.3) is 0 Å². The minimum absolute atomic E-state index is 0.211. The number of nitrogen functional groups attached to an aromatic ring is 1. The van der Waals surface area contributed by atoms with Crippen molar-refractivity contribution in [3.8, 4) is 0 Å². The zero-order valence-electron chi connectivity index (χ0n) is 15.3. The normalized spacial score (nSPS) is 21.1. The molecule has 6 N–H and O–H groups in total. The highest BCUT2D eigenvalue weighted by Gasteiger charge is 2.47. The molecule has 2 aliphatic heterocycles. The number of nitrogens with zero attached hydrogens (tertiary/aromatic N) is 2. The van der Waals surface area contributed by atoms with Crippen molar-refractivity contribution in [2.45, 2.75) is 18.4 Å². The van der Waals surface area contributed by atoms with E-state index in [1.807, 2.05) is 18.2 Å². The van der Waals surface area contributed by atoms with E-state index in [1.165, 1.54) is 0 Å². The fraction of sp³-hybridized carbons (Fsp3) is 0.250. The van der Waals surface area contributed by atoms with E-state index in [0.717, 1.165) is 11.3 Å². The number of carbonyl (C=O) groups is 2. The maximum atomic E-state index is 12.6. The lowest BCUT2D eigenvalue weighted by Crippen LogP contribution is -2.50. The third-order valence-electron chi connectivity index (χ3n) is 5.34. The molecule has 1 unspecified atom stereocenters. The maximum absolute atomic E-state index is 12.6. The molecule has 0 radical (unpaired) electrons. The van der Waals surface area contributed by atoms with Gasteiger partial charge in [0.05, 0.1) is 18.4 Å². The first-order valence-electron chi connectivity index (χ1n) is 9.09. The van der Waals surface area contributed by atoms with E-state index < -0.39 is 11.4 Å². The molecule has 2 aliphatic rings. The van der Waals surface area contributed by atoms with Crippen LogP contribution in [0.3, 0.4) is 0 Å². The smallest absolute Gasteiger partial charge is 0.322 e. The van der Waals surface area contributed by atoms with Crippen LogP contribution in [0.15, 0.2) is 60.1 Å². The van der Waals surface area contributed by atoms with Gasteiger partial charge in [-0.1, -0.05) is 18.2 Å². The second-order valence-corrected chi connectivity index (χ2v) is 7.08. The molecular formula is C20H22N6O2. The maximum Gasteiger partial charge on any atom is 0.322 e. The Morgan fingerprint density at radius 2 is 2.04 bits per heavy atom. The molecule has 0 bridgehead atoms. The van der Waals surface area contributed by atoms with Crippen molar-refractivity contribution in [1.29, 1.82) is 0 Å². The van der Waals surface area contributed by atoms with Crippen molar-refractivity contribution in [2.24, 2.45) is 5.73 Å². The largest absolute Gasteiger partial charge is 0.398 e. The number of urea groups is 1. The number of hydrogen-bond acceptors (Lipinski definition) is 5. The number of hydrogen-bond donors (Lipinski definition) is 4. The van der Waals surface area contributed by atoms with E-state index in [2.05, 4.69) is 15.6 Å². The zero-order chi connectivity index (χ0) is 19.7. The Kier molecular flexibility index (Phi) is 4.38. The van der Waals surface area contributed by atoms with E-state index in [4.69, 9.17) is 11.5 Å². The van der Waals surface area contributed by atoms with Gasteiger partial charge in [-0.3, -0.25) is 9.78 Å². The summed E-state index contributed by atoms with van der Waals surface area (Å²) in [5.74, 6) is -0.480. The highest BCUT2D eigenvalue weighted by atomic mass is 16.2. The molecule has 1 aromatic carbocycles. The van der Waals surface area contributed by atoms with Crippen molar-refractivity contribution in [2.75, 3.05) is 24.1 Å².